The number of hydrogen-bond donors (Lipinski definition) is 1. The Balaban J connectivity index is 2.07. The van der Waals surface area contributed by atoms with Crippen molar-refractivity contribution in [3.63, 3.8) is 0 Å². The van der Waals surface area contributed by atoms with E-state index in [0.717, 1.165) is 4.47 Å². The molecule has 0 radical (unpaired) electrons. The van der Waals surface area contributed by atoms with E-state index in [2.05, 4.69) is 26.2 Å². The van der Waals surface area contributed by atoms with Gasteiger partial charge < -0.3 is 5.32 Å². The minimum Gasteiger partial charge on any atom is -0.310 e. The first-order valence-electron chi connectivity index (χ1n) is 5.76. The molecule has 1 heterocycles. The highest BCUT2D eigenvalue weighted by molar-refractivity contribution is 9.10. The summed E-state index contributed by atoms with van der Waals surface area (Å²) in [4.78, 5) is 15.8. The molecular formula is C13H10BrClN2O3S. The van der Waals surface area contributed by atoms with Crippen molar-refractivity contribution in [2.45, 2.75) is 4.90 Å². The topological polar surface area (TPSA) is 76.1 Å². The maximum atomic E-state index is 12.1. The van der Waals surface area contributed by atoms with E-state index in [4.69, 9.17) is 11.6 Å². The first kappa shape index (κ1) is 15.9. The predicted molar refractivity (Wildman–Crippen MR) is 84.1 cm³/mol. The molecule has 110 valence electrons. The number of benzene rings is 1. The molecule has 2 aromatic rings. The van der Waals surface area contributed by atoms with Crippen molar-refractivity contribution in [3.05, 3.63) is 52.1 Å². The van der Waals surface area contributed by atoms with Gasteiger partial charge in [0.1, 0.15) is 11.6 Å². The fourth-order valence-corrected chi connectivity index (χ4v) is 3.02. The molecule has 1 N–H and O–H groups in total. The van der Waals surface area contributed by atoms with E-state index in [1.54, 1.807) is 12.1 Å². The number of hydrogen-bond acceptors (Lipinski definition) is 4. The average Bonchev–Trinajstić information content (AvgIpc) is 2.41. The minimum absolute atomic E-state index is 0.0471. The summed E-state index contributed by atoms with van der Waals surface area (Å²) < 4.78 is 24.9. The Bertz CT molecular complexity index is 746. The molecule has 0 aliphatic carbocycles. The van der Waals surface area contributed by atoms with Gasteiger partial charge >= 0.3 is 0 Å². The van der Waals surface area contributed by atoms with Crippen LogP contribution < -0.4 is 5.32 Å². The quantitative estimate of drug-likeness (QED) is 0.872. The minimum atomic E-state index is -3.71. The molecule has 8 heteroatoms. The first-order valence-corrected chi connectivity index (χ1v) is 8.59. The Hall–Kier alpha value is -1.44. The predicted octanol–water partition coefficient (Wildman–Crippen LogP) is 2.91. The lowest BCUT2D eigenvalue weighted by atomic mass is 10.4. The summed E-state index contributed by atoms with van der Waals surface area (Å²) in [5.74, 6) is -1.03. The van der Waals surface area contributed by atoms with Crippen LogP contribution in [0.4, 0.5) is 5.82 Å². The van der Waals surface area contributed by atoms with Crippen LogP contribution in [0.15, 0.2) is 52.0 Å². The number of amides is 1. The van der Waals surface area contributed by atoms with Crippen molar-refractivity contribution < 1.29 is 13.2 Å². The molecule has 0 atom stereocenters. The van der Waals surface area contributed by atoms with Crippen LogP contribution in [-0.4, -0.2) is 25.1 Å². The first-order chi connectivity index (χ1) is 9.87. The van der Waals surface area contributed by atoms with E-state index in [1.165, 1.54) is 30.5 Å². The molecule has 21 heavy (non-hydrogen) atoms. The lowest BCUT2D eigenvalue weighted by Gasteiger charge is -2.06. The molecule has 0 fully saturated rings. The van der Waals surface area contributed by atoms with Crippen LogP contribution in [0, 0.1) is 0 Å². The van der Waals surface area contributed by atoms with Gasteiger partial charge in [-0.15, -0.1) is 0 Å². The standard InChI is InChI=1S/C13H10BrClN2O3S/c14-9-1-6-12(16-7-9)17-13(18)8-21(19,20)11-4-2-10(15)3-5-11/h1-7H,8H2,(H,16,17,18). The van der Waals surface area contributed by atoms with E-state index >= 15 is 0 Å². The zero-order valence-electron chi connectivity index (χ0n) is 10.6. The summed E-state index contributed by atoms with van der Waals surface area (Å²) in [5, 5.41) is 2.86. The largest absolute Gasteiger partial charge is 0.310 e. The summed E-state index contributed by atoms with van der Waals surface area (Å²) in [5.41, 5.74) is 0. The van der Waals surface area contributed by atoms with E-state index in [9.17, 15) is 13.2 Å². The van der Waals surface area contributed by atoms with Gasteiger partial charge in [-0.25, -0.2) is 13.4 Å². The number of carbonyl (C=O) groups is 1. The number of aromatic nitrogens is 1. The maximum Gasteiger partial charge on any atom is 0.241 e. The Morgan fingerprint density at radius 1 is 1.19 bits per heavy atom. The number of anilines is 1. The smallest absolute Gasteiger partial charge is 0.241 e. The Kier molecular flexibility index (Phi) is 4.97. The summed E-state index contributed by atoms with van der Waals surface area (Å²) in [7, 11) is -3.71. The molecule has 0 aliphatic rings. The molecule has 0 saturated carbocycles. The molecule has 0 bridgehead atoms. The Morgan fingerprint density at radius 2 is 1.86 bits per heavy atom. The summed E-state index contributed by atoms with van der Waals surface area (Å²) >= 11 is 8.92. The van der Waals surface area contributed by atoms with Crippen LogP contribution in [0.2, 0.25) is 5.02 Å². The third kappa shape index (κ3) is 4.52. The maximum absolute atomic E-state index is 12.1. The molecule has 0 unspecified atom stereocenters. The number of nitrogens with one attached hydrogen (secondary N) is 1. The van der Waals surface area contributed by atoms with Crippen molar-refractivity contribution >= 4 is 49.1 Å². The van der Waals surface area contributed by atoms with Gasteiger partial charge in [-0.3, -0.25) is 4.79 Å². The van der Waals surface area contributed by atoms with Gasteiger partial charge in [-0.1, -0.05) is 11.6 Å². The van der Waals surface area contributed by atoms with E-state index in [-0.39, 0.29) is 10.7 Å². The van der Waals surface area contributed by atoms with E-state index < -0.39 is 21.5 Å². The van der Waals surface area contributed by atoms with Gasteiger partial charge in [0.25, 0.3) is 0 Å². The molecule has 2 rings (SSSR count). The van der Waals surface area contributed by atoms with E-state index in [0.29, 0.717) is 5.02 Å². The molecule has 1 aromatic carbocycles. The number of rotatable bonds is 4. The summed E-state index contributed by atoms with van der Waals surface area (Å²) in [6.07, 6.45) is 1.50. The second-order valence-corrected chi connectivity index (χ2v) is 7.46. The van der Waals surface area contributed by atoms with Gasteiger partial charge in [-0.05, 0) is 52.3 Å². The van der Waals surface area contributed by atoms with Crippen molar-refractivity contribution in [2.75, 3.05) is 11.1 Å². The van der Waals surface area contributed by atoms with E-state index in [1.807, 2.05) is 0 Å². The van der Waals surface area contributed by atoms with Gasteiger partial charge in [0, 0.05) is 15.7 Å². The molecular weight excluding hydrogens is 380 g/mol. The normalized spacial score (nSPS) is 11.1. The van der Waals surface area contributed by atoms with Crippen molar-refractivity contribution in [1.82, 2.24) is 4.98 Å². The molecule has 0 saturated heterocycles. The van der Waals surface area contributed by atoms with Crippen LogP contribution in [0.3, 0.4) is 0 Å². The molecule has 0 aliphatic heterocycles. The van der Waals surface area contributed by atoms with Gasteiger partial charge in [0.05, 0.1) is 4.90 Å². The molecule has 0 spiro atoms. The van der Waals surface area contributed by atoms with Crippen molar-refractivity contribution in [1.29, 1.82) is 0 Å². The third-order valence-corrected chi connectivity index (χ3v) is 4.84. The van der Waals surface area contributed by atoms with Crippen molar-refractivity contribution in [3.8, 4) is 0 Å². The lowest BCUT2D eigenvalue weighted by Crippen LogP contribution is -2.23. The van der Waals surface area contributed by atoms with Crippen LogP contribution in [-0.2, 0) is 14.6 Å². The number of sulfone groups is 1. The van der Waals surface area contributed by atoms with Crippen LogP contribution in [0.1, 0.15) is 0 Å². The van der Waals surface area contributed by atoms with Crippen LogP contribution >= 0.6 is 27.5 Å². The number of nitrogens with zero attached hydrogens (tertiary/aromatic N) is 1. The molecule has 5 nitrogen and oxygen atoms in total. The highest BCUT2D eigenvalue weighted by Crippen LogP contribution is 2.16. The fourth-order valence-electron chi connectivity index (χ4n) is 1.53. The second kappa shape index (κ2) is 6.55. The number of pyridine rings is 1. The van der Waals surface area contributed by atoms with Crippen LogP contribution in [0.25, 0.3) is 0 Å². The van der Waals surface area contributed by atoms with Crippen molar-refractivity contribution in [2.24, 2.45) is 0 Å². The number of halogens is 2. The highest BCUT2D eigenvalue weighted by atomic mass is 79.9. The Labute approximate surface area is 135 Å². The third-order valence-electron chi connectivity index (χ3n) is 2.49. The van der Waals surface area contributed by atoms with Gasteiger partial charge in [0.2, 0.25) is 5.91 Å². The van der Waals surface area contributed by atoms with Gasteiger partial charge in [0.15, 0.2) is 9.84 Å². The zero-order chi connectivity index (χ0) is 15.5. The Morgan fingerprint density at radius 3 is 2.43 bits per heavy atom. The average molecular weight is 390 g/mol. The lowest BCUT2D eigenvalue weighted by molar-refractivity contribution is -0.113. The summed E-state index contributed by atoms with van der Waals surface area (Å²) in [6.45, 7) is 0. The highest BCUT2D eigenvalue weighted by Gasteiger charge is 2.19. The number of carbonyl (C=O) groups excluding carboxylic acids is 1. The monoisotopic (exact) mass is 388 g/mol. The molecule has 1 amide bonds. The van der Waals surface area contributed by atoms with Gasteiger partial charge in [-0.2, -0.15) is 0 Å². The molecule has 1 aromatic heterocycles. The SMILES string of the molecule is O=C(CS(=O)(=O)c1ccc(Cl)cc1)Nc1ccc(Br)cn1. The van der Waals surface area contributed by atoms with Crippen LogP contribution in [0.5, 0.6) is 0 Å². The fraction of sp³-hybridized carbons (Fsp3) is 0.0769. The zero-order valence-corrected chi connectivity index (χ0v) is 13.7. The second-order valence-electron chi connectivity index (χ2n) is 4.12. The summed E-state index contributed by atoms with van der Waals surface area (Å²) in [6, 6.07) is 8.91.